The fourth-order valence-electron chi connectivity index (χ4n) is 4.01. The minimum Gasteiger partial charge on any atom is -0.345 e. The van der Waals surface area contributed by atoms with Crippen LogP contribution in [0.4, 0.5) is 0 Å². The molecule has 8 heteroatoms. The van der Waals surface area contributed by atoms with Crippen molar-refractivity contribution in [2.75, 3.05) is 7.05 Å². The third-order valence-electron chi connectivity index (χ3n) is 5.53. The Balaban J connectivity index is 0.000000244. The molecule has 3 aromatic rings. The summed E-state index contributed by atoms with van der Waals surface area (Å²) in [6.07, 6.45) is 10.7. The van der Waals surface area contributed by atoms with E-state index in [1.54, 1.807) is 18.5 Å². The van der Waals surface area contributed by atoms with Crippen molar-refractivity contribution in [1.29, 1.82) is 5.26 Å². The van der Waals surface area contributed by atoms with E-state index in [4.69, 9.17) is 5.26 Å². The maximum atomic E-state index is 8.17. The number of aliphatic imine (C=N–C) groups is 1. The van der Waals surface area contributed by atoms with Gasteiger partial charge in [0.25, 0.3) is 0 Å². The van der Waals surface area contributed by atoms with E-state index in [1.807, 2.05) is 32.3 Å². The molecule has 0 amide bonds. The van der Waals surface area contributed by atoms with E-state index >= 15 is 0 Å². The first kappa shape index (κ1) is 21.4. The quantitative estimate of drug-likeness (QED) is 0.508. The van der Waals surface area contributed by atoms with Crippen LogP contribution >= 0.6 is 0 Å². The summed E-state index contributed by atoms with van der Waals surface area (Å²) in [5, 5.41) is 20.4. The van der Waals surface area contributed by atoms with E-state index in [0.717, 1.165) is 35.5 Å². The van der Waals surface area contributed by atoms with Crippen molar-refractivity contribution >= 4 is 23.0 Å². The zero-order valence-corrected chi connectivity index (χ0v) is 17.9. The van der Waals surface area contributed by atoms with E-state index < -0.39 is 0 Å². The van der Waals surface area contributed by atoms with Gasteiger partial charge in [0, 0.05) is 30.6 Å². The summed E-state index contributed by atoms with van der Waals surface area (Å²) in [5.41, 5.74) is 3.33. The highest BCUT2D eigenvalue weighted by Gasteiger charge is 2.43. The molecule has 0 bridgehead atoms. The van der Waals surface area contributed by atoms with Crippen molar-refractivity contribution in [3.63, 3.8) is 0 Å². The molecule has 1 saturated carbocycles. The highest BCUT2D eigenvalue weighted by molar-refractivity contribution is 5.82. The topological polar surface area (TPSA) is 107 Å². The fourth-order valence-corrected chi connectivity index (χ4v) is 4.01. The third-order valence-corrected chi connectivity index (χ3v) is 5.53. The largest absolute Gasteiger partial charge is 0.345 e. The minimum absolute atomic E-state index is 0.211. The van der Waals surface area contributed by atoms with Gasteiger partial charge in [0.15, 0.2) is 11.3 Å². The van der Waals surface area contributed by atoms with Gasteiger partial charge in [0.2, 0.25) is 0 Å². The molecule has 0 aromatic carbocycles. The molecule has 4 rings (SSSR count). The zero-order valence-electron chi connectivity index (χ0n) is 17.9. The lowest BCUT2D eigenvalue weighted by atomic mass is 9.81. The Bertz CT molecular complexity index is 1130. The molecule has 0 spiro atoms. The molecule has 30 heavy (non-hydrogen) atoms. The summed E-state index contributed by atoms with van der Waals surface area (Å²) in [7, 11) is 2.04. The predicted octanol–water partition coefficient (Wildman–Crippen LogP) is 3.77. The molecular formula is C22H28N8. The molecule has 8 nitrogen and oxygen atoms in total. The van der Waals surface area contributed by atoms with Crippen LogP contribution in [0.2, 0.25) is 0 Å². The molecule has 0 saturated heterocycles. The lowest BCUT2D eigenvalue weighted by Crippen LogP contribution is -2.22. The van der Waals surface area contributed by atoms with Crippen molar-refractivity contribution in [2.45, 2.75) is 45.6 Å². The van der Waals surface area contributed by atoms with Crippen LogP contribution in [-0.4, -0.2) is 43.9 Å². The van der Waals surface area contributed by atoms with Gasteiger partial charge in [0.05, 0.1) is 17.3 Å². The van der Waals surface area contributed by atoms with Crippen molar-refractivity contribution in [1.82, 2.24) is 29.9 Å². The average molecular weight is 405 g/mol. The second kappa shape index (κ2) is 9.01. The average Bonchev–Trinajstić information content (AvgIpc) is 3.43. The van der Waals surface area contributed by atoms with Gasteiger partial charge in [-0.2, -0.15) is 5.26 Å². The van der Waals surface area contributed by atoms with Gasteiger partial charge in [-0.15, -0.1) is 10.2 Å². The zero-order chi connectivity index (χ0) is 21.7. The molecule has 1 aliphatic rings. The van der Waals surface area contributed by atoms with Gasteiger partial charge in [0.1, 0.15) is 11.9 Å². The Hall–Kier alpha value is -3.31. The third kappa shape index (κ3) is 4.31. The summed E-state index contributed by atoms with van der Waals surface area (Å²) < 4.78 is 2.16. The van der Waals surface area contributed by atoms with Gasteiger partial charge in [-0.05, 0) is 38.3 Å². The second-order valence-corrected chi connectivity index (χ2v) is 8.09. The highest BCUT2D eigenvalue weighted by atomic mass is 15.3. The van der Waals surface area contributed by atoms with E-state index in [0.29, 0.717) is 17.5 Å². The van der Waals surface area contributed by atoms with E-state index in [-0.39, 0.29) is 5.41 Å². The lowest BCUT2D eigenvalue weighted by molar-refractivity contribution is 0.317. The Morgan fingerprint density at radius 2 is 2.27 bits per heavy atom. The minimum atomic E-state index is 0.211. The standard InChI is InChI=1S/C15H20N6.C7H8N2/c1-15(2)7-9(16-3)6-10(15)14-20-19-12-8-18-13-11(21(12)14)4-5-17-13;1-3-4-9-6-7(2)5-8/h4-5,8-10,16-17H,6-7H2,1-3H3;3-4,6H,2H2,1H3/b;4-3-,9-6?/t9?,10-;/m0./s1. The van der Waals surface area contributed by atoms with Crippen LogP contribution < -0.4 is 5.32 Å². The van der Waals surface area contributed by atoms with Crippen LogP contribution in [-0.2, 0) is 0 Å². The van der Waals surface area contributed by atoms with Crippen molar-refractivity contribution in [3.05, 3.63) is 48.7 Å². The summed E-state index contributed by atoms with van der Waals surface area (Å²) >= 11 is 0. The number of fused-ring (bicyclic) bond motifs is 3. The summed E-state index contributed by atoms with van der Waals surface area (Å²) in [5.74, 6) is 1.45. The normalized spacial score (nSPS) is 20.6. The first-order valence-electron chi connectivity index (χ1n) is 9.99. The maximum Gasteiger partial charge on any atom is 0.179 e. The SMILES string of the molecule is C=C(C#N)C=N/C=C\C.CNC1C[C@@H](c2nnc3cnc4[nH]ccc4n23)C(C)(C)C1. The molecule has 1 aliphatic carbocycles. The Labute approximate surface area is 176 Å². The van der Waals surface area contributed by atoms with Crippen molar-refractivity contribution in [2.24, 2.45) is 10.4 Å². The van der Waals surface area contributed by atoms with E-state index in [2.05, 4.69) is 55.3 Å². The number of allylic oxidation sites excluding steroid dienone is 2. The van der Waals surface area contributed by atoms with Gasteiger partial charge >= 0.3 is 0 Å². The highest BCUT2D eigenvalue weighted by Crippen LogP contribution is 2.48. The van der Waals surface area contributed by atoms with Crippen LogP contribution in [0.3, 0.4) is 0 Å². The number of nitriles is 1. The van der Waals surface area contributed by atoms with Gasteiger partial charge in [-0.25, -0.2) is 4.98 Å². The van der Waals surface area contributed by atoms with E-state index in [1.165, 1.54) is 6.21 Å². The number of rotatable bonds is 4. The van der Waals surface area contributed by atoms with Crippen molar-refractivity contribution in [3.8, 4) is 6.07 Å². The van der Waals surface area contributed by atoms with Crippen LogP contribution in [0.1, 0.15) is 45.4 Å². The molecule has 2 atom stereocenters. The molecular weight excluding hydrogens is 376 g/mol. The number of hydrogen-bond acceptors (Lipinski definition) is 6. The van der Waals surface area contributed by atoms with Crippen LogP contribution in [0, 0.1) is 16.7 Å². The van der Waals surface area contributed by atoms with E-state index in [9.17, 15) is 0 Å². The number of aromatic amines is 1. The summed E-state index contributed by atoms with van der Waals surface area (Å²) in [6.45, 7) is 9.90. The molecule has 1 fully saturated rings. The van der Waals surface area contributed by atoms with Gasteiger partial charge in [-0.1, -0.05) is 26.5 Å². The lowest BCUT2D eigenvalue weighted by Gasteiger charge is -2.25. The Kier molecular flexibility index (Phi) is 6.43. The molecule has 3 heterocycles. The van der Waals surface area contributed by atoms with Crippen LogP contribution in [0.5, 0.6) is 0 Å². The summed E-state index contributed by atoms with van der Waals surface area (Å²) in [6, 6.07) is 4.43. The smallest absolute Gasteiger partial charge is 0.179 e. The summed E-state index contributed by atoms with van der Waals surface area (Å²) in [4.78, 5) is 11.3. The number of aromatic nitrogens is 5. The first-order chi connectivity index (χ1) is 14.4. The number of H-pyrrole nitrogens is 1. The molecule has 2 N–H and O–H groups in total. The molecule has 156 valence electrons. The van der Waals surface area contributed by atoms with Gasteiger partial charge < -0.3 is 10.3 Å². The van der Waals surface area contributed by atoms with Crippen molar-refractivity contribution < 1.29 is 0 Å². The maximum absolute atomic E-state index is 8.17. The Morgan fingerprint density at radius 1 is 1.47 bits per heavy atom. The number of hydrogen-bond donors (Lipinski definition) is 2. The number of nitrogens with zero attached hydrogens (tertiary/aromatic N) is 6. The first-order valence-corrected chi connectivity index (χ1v) is 9.99. The second-order valence-electron chi connectivity index (χ2n) is 8.09. The molecule has 0 aliphatic heterocycles. The number of nitrogens with one attached hydrogen (secondary N) is 2. The molecule has 0 radical (unpaired) electrons. The molecule has 1 unspecified atom stereocenters. The fraction of sp³-hybridized carbons (Fsp3) is 0.409. The predicted molar refractivity (Wildman–Crippen MR) is 119 cm³/mol. The van der Waals surface area contributed by atoms with Crippen LogP contribution in [0.15, 0.2) is 47.9 Å². The molecule has 3 aromatic heterocycles. The monoisotopic (exact) mass is 404 g/mol. The van der Waals surface area contributed by atoms with Crippen LogP contribution in [0.25, 0.3) is 16.8 Å². The van der Waals surface area contributed by atoms with Gasteiger partial charge in [-0.3, -0.25) is 9.39 Å². The Morgan fingerprint density at radius 3 is 2.93 bits per heavy atom.